The number of benzene rings is 1. The molecule has 1 amide bonds. The zero-order valence-corrected chi connectivity index (χ0v) is 14.8. The van der Waals surface area contributed by atoms with Crippen LogP contribution in [0.2, 0.25) is 0 Å². The summed E-state index contributed by atoms with van der Waals surface area (Å²) in [5.74, 6) is 2.36. The van der Waals surface area contributed by atoms with Crippen molar-refractivity contribution in [1.29, 1.82) is 0 Å². The lowest BCUT2D eigenvalue weighted by atomic mass is 10.2. The zero-order chi connectivity index (χ0) is 15.5. The second-order valence-corrected chi connectivity index (χ2v) is 8.07. The Balaban J connectivity index is 2.10. The summed E-state index contributed by atoms with van der Waals surface area (Å²) in [6.07, 6.45) is 1.26. The molecule has 5 heteroatoms. The van der Waals surface area contributed by atoms with Crippen molar-refractivity contribution in [3.8, 4) is 0 Å². The third kappa shape index (κ3) is 2.88. The highest BCUT2D eigenvalue weighted by atomic mass is 32.2. The Bertz CT molecular complexity index is 658. The lowest BCUT2D eigenvalue weighted by Crippen LogP contribution is -2.35. The van der Waals surface area contributed by atoms with E-state index in [1.807, 2.05) is 59.0 Å². The van der Waals surface area contributed by atoms with Crippen LogP contribution in [-0.2, 0) is 0 Å². The number of thioether (sulfide) groups is 2. The summed E-state index contributed by atoms with van der Waals surface area (Å²) in [6, 6.07) is 10.5. The highest BCUT2D eigenvalue weighted by Crippen LogP contribution is 2.45. The number of amides is 1. The van der Waals surface area contributed by atoms with Gasteiger partial charge in [-0.25, -0.2) is 4.79 Å². The molecule has 0 N–H and O–H groups in total. The zero-order valence-electron chi connectivity index (χ0n) is 13.1. The van der Waals surface area contributed by atoms with Crippen LogP contribution in [0.15, 0.2) is 30.3 Å². The quantitative estimate of drug-likeness (QED) is 0.804. The SMILES string of the molecule is CCN(CC)C(=O)n1c(C2SCCCS2)cc2ccccc21. The number of hydrogen-bond donors (Lipinski definition) is 0. The summed E-state index contributed by atoms with van der Waals surface area (Å²) in [6.45, 7) is 5.56. The first-order chi connectivity index (χ1) is 10.8. The molecule has 0 saturated carbocycles. The van der Waals surface area contributed by atoms with Gasteiger partial charge in [0.2, 0.25) is 0 Å². The van der Waals surface area contributed by atoms with Crippen molar-refractivity contribution in [2.24, 2.45) is 0 Å². The van der Waals surface area contributed by atoms with Gasteiger partial charge in [-0.1, -0.05) is 18.2 Å². The topological polar surface area (TPSA) is 25.2 Å². The number of carbonyl (C=O) groups is 1. The predicted molar refractivity (Wildman–Crippen MR) is 97.9 cm³/mol. The fourth-order valence-electron chi connectivity index (χ4n) is 2.86. The minimum atomic E-state index is 0.105. The maximum Gasteiger partial charge on any atom is 0.328 e. The standard InChI is InChI=1S/C17H22N2OS2/c1-3-18(4-2)17(20)19-14-9-6-5-8-13(14)12-15(19)16-21-10-7-11-22-16/h5-6,8-9,12,16H,3-4,7,10-11H2,1-2H3. The molecule has 1 aliphatic heterocycles. The number of aromatic nitrogens is 1. The van der Waals surface area contributed by atoms with Crippen LogP contribution in [-0.4, -0.2) is 40.1 Å². The Morgan fingerprint density at radius 3 is 2.59 bits per heavy atom. The van der Waals surface area contributed by atoms with Crippen LogP contribution >= 0.6 is 23.5 Å². The van der Waals surface area contributed by atoms with Gasteiger partial charge in [0, 0.05) is 18.5 Å². The minimum absolute atomic E-state index is 0.105. The molecule has 0 bridgehead atoms. The van der Waals surface area contributed by atoms with Crippen molar-refractivity contribution in [2.45, 2.75) is 24.9 Å². The van der Waals surface area contributed by atoms with E-state index in [0.29, 0.717) is 4.58 Å². The first-order valence-electron chi connectivity index (χ1n) is 7.89. The molecule has 0 atom stereocenters. The number of nitrogens with zero attached hydrogens (tertiary/aromatic N) is 2. The van der Waals surface area contributed by atoms with E-state index in [2.05, 4.69) is 18.2 Å². The Morgan fingerprint density at radius 2 is 1.91 bits per heavy atom. The number of carbonyl (C=O) groups excluding carboxylic acids is 1. The lowest BCUT2D eigenvalue weighted by molar-refractivity contribution is 0.205. The largest absolute Gasteiger partial charge is 0.328 e. The summed E-state index contributed by atoms with van der Waals surface area (Å²) in [7, 11) is 0. The van der Waals surface area contributed by atoms with Crippen molar-refractivity contribution in [1.82, 2.24) is 9.47 Å². The summed E-state index contributed by atoms with van der Waals surface area (Å²) in [5, 5.41) is 1.16. The third-order valence-corrected chi connectivity index (χ3v) is 6.99. The van der Waals surface area contributed by atoms with Crippen LogP contribution in [0, 0.1) is 0 Å². The monoisotopic (exact) mass is 334 g/mol. The Hall–Kier alpha value is -1.07. The van der Waals surface area contributed by atoms with Gasteiger partial charge in [0.05, 0.1) is 15.8 Å². The number of rotatable bonds is 3. The van der Waals surface area contributed by atoms with E-state index >= 15 is 0 Å². The Labute approximate surface area is 140 Å². The van der Waals surface area contributed by atoms with Gasteiger partial charge in [-0.05, 0) is 43.9 Å². The second kappa shape index (κ2) is 7.01. The molecule has 118 valence electrons. The van der Waals surface area contributed by atoms with Crippen LogP contribution in [0.1, 0.15) is 30.5 Å². The van der Waals surface area contributed by atoms with Crippen LogP contribution in [0.4, 0.5) is 4.79 Å². The molecular formula is C17H22N2OS2. The molecule has 1 aromatic carbocycles. The van der Waals surface area contributed by atoms with Gasteiger partial charge in [0.1, 0.15) is 0 Å². The molecule has 3 nitrogen and oxygen atoms in total. The first kappa shape index (κ1) is 15.8. The number of hydrogen-bond acceptors (Lipinski definition) is 3. The van der Waals surface area contributed by atoms with Crippen molar-refractivity contribution < 1.29 is 4.79 Å². The summed E-state index contributed by atoms with van der Waals surface area (Å²) < 4.78 is 2.30. The molecule has 0 unspecified atom stereocenters. The van der Waals surface area contributed by atoms with Crippen LogP contribution in [0.3, 0.4) is 0 Å². The average Bonchev–Trinajstić information content (AvgIpc) is 2.96. The highest BCUT2D eigenvalue weighted by Gasteiger charge is 2.26. The molecule has 1 aromatic heterocycles. The molecule has 3 rings (SSSR count). The van der Waals surface area contributed by atoms with Gasteiger partial charge in [-0.15, -0.1) is 23.5 Å². The molecule has 0 spiro atoms. The van der Waals surface area contributed by atoms with Crippen molar-refractivity contribution in [3.63, 3.8) is 0 Å². The van der Waals surface area contributed by atoms with E-state index in [4.69, 9.17) is 0 Å². The van der Waals surface area contributed by atoms with E-state index < -0.39 is 0 Å². The summed E-state index contributed by atoms with van der Waals surface area (Å²) in [4.78, 5) is 14.9. The molecule has 2 aromatic rings. The fraction of sp³-hybridized carbons (Fsp3) is 0.471. The van der Waals surface area contributed by atoms with Crippen molar-refractivity contribution >= 4 is 40.5 Å². The molecule has 0 radical (unpaired) electrons. The van der Waals surface area contributed by atoms with E-state index in [1.165, 1.54) is 17.9 Å². The normalized spacial score (nSPS) is 16.1. The van der Waals surface area contributed by atoms with Gasteiger partial charge in [0.15, 0.2) is 0 Å². The van der Waals surface area contributed by atoms with Gasteiger partial charge in [-0.3, -0.25) is 4.57 Å². The van der Waals surface area contributed by atoms with Gasteiger partial charge < -0.3 is 4.90 Å². The highest BCUT2D eigenvalue weighted by molar-refractivity contribution is 8.16. The van der Waals surface area contributed by atoms with Gasteiger partial charge in [0.25, 0.3) is 0 Å². The van der Waals surface area contributed by atoms with Crippen LogP contribution < -0.4 is 0 Å². The maximum atomic E-state index is 13.0. The molecule has 2 heterocycles. The van der Waals surface area contributed by atoms with E-state index in [9.17, 15) is 4.79 Å². The predicted octanol–water partition coefficient (Wildman–Crippen LogP) is 4.82. The lowest BCUT2D eigenvalue weighted by Gasteiger charge is -2.25. The summed E-state index contributed by atoms with van der Waals surface area (Å²) in [5.41, 5.74) is 2.17. The van der Waals surface area contributed by atoms with Crippen molar-refractivity contribution in [2.75, 3.05) is 24.6 Å². The molecular weight excluding hydrogens is 312 g/mol. The van der Waals surface area contributed by atoms with Crippen LogP contribution in [0.25, 0.3) is 10.9 Å². The Morgan fingerprint density at radius 1 is 1.23 bits per heavy atom. The van der Waals surface area contributed by atoms with E-state index in [-0.39, 0.29) is 6.03 Å². The summed E-state index contributed by atoms with van der Waals surface area (Å²) >= 11 is 3.92. The molecule has 1 saturated heterocycles. The Kier molecular flexibility index (Phi) is 5.03. The first-order valence-corrected chi connectivity index (χ1v) is 9.98. The van der Waals surface area contributed by atoms with E-state index in [0.717, 1.165) is 29.7 Å². The number of para-hydroxylation sites is 1. The van der Waals surface area contributed by atoms with Crippen LogP contribution in [0.5, 0.6) is 0 Å². The molecule has 22 heavy (non-hydrogen) atoms. The molecule has 1 aliphatic rings. The molecule has 0 aliphatic carbocycles. The smallest absolute Gasteiger partial charge is 0.325 e. The minimum Gasteiger partial charge on any atom is -0.325 e. The number of fused-ring (bicyclic) bond motifs is 1. The second-order valence-electron chi connectivity index (χ2n) is 5.35. The molecule has 1 fully saturated rings. The average molecular weight is 335 g/mol. The van der Waals surface area contributed by atoms with Gasteiger partial charge in [-0.2, -0.15) is 0 Å². The van der Waals surface area contributed by atoms with Crippen molar-refractivity contribution in [3.05, 3.63) is 36.0 Å². The maximum absolute atomic E-state index is 13.0. The van der Waals surface area contributed by atoms with E-state index in [1.54, 1.807) is 0 Å². The van der Waals surface area contributed by atoms with Gasteiger partial charge >= 0.3 is 6.03 Å². The third-order valence-electron chi connectivity index (χ3n) is 4.03. The fourth-order valence-corrected chi connectivity index (χ4v) is 5.74.